The maximum atomic E-state index is 13.4. The first-order chi connectivity index (χ1) is 7.08. The first-order valence-electron chi connectivity index (χ1n) is 5.57. The van der Waals surface area contributed by atoms with Gasteiger partial charge in [-0.25, -0.2) is 4.39 Å². The van der Waals surface area contributed by atoms with E-state index in [4.69, 9.17) is 0 Å². The van der Waals surface area contributed by atoms with Gasteiger partial charge in [-0.2, -0.15) is 0 Å². The maximum Gasteiger partial charge on any atom is 0.126 e. The van der Waals surface area contributed by atoms with Crippen molar-refractivity contribution in [3.63, 3.8) is 0 Å². The van der Waals surface area contributed by atoms with Crippen molar-refractivity contribution in [2.75, 3.05) is 0 Å². The van der Waals surface area contributed by atoms with Crippen molar-refractivity contribution in [1.82, 2.24) is 0 Å². The summed E-state index contributed by atoms with van der Waals surface area (Å²) >= 11 is 0. The van der Waals surface area contributed by atoms with E-state index in [1.54, 1.807) is 13.0 Å². The molecule has 1 N–H and O–H groups in total. The Bertz CT molecular complexity index is 371. The number of benzene rings is 1. The van der Waals surface area contributed by atoms with Crippen LogP contribution in [0, 0.1) is 18.7 Å². The number of aryl methyl sites for hydroxylation is 1. The summed E-state index contributed by atoms with van der Waals surface area (Å²) in [6.45, 7) is 3.69. The van der Waals surface area contributed by atoms with Crippen molar-refractivity contribution < 1.29 is 9.50 Å². The molecule has 0 saturated heterocycles. The molecule has 2 heteroatoms. The van der Waals surface area contributed by atoms with Gasteiger partial charge >= 0.3 is 0 Å². The van der Waals surface area contributed by atoms with Crippen LogP contribution in [0.4, 0.5) is 4.39 Å². The molecule has 1 unspecified atom stereocenters. The summed E-state index contributed by atoms with van der Waals surface area (Å²) < 4.78 is 13.4. The van der Waals surface area contributed by atoms with Gasteiger partial charge in [0, 0.05) is 0 Å². The summed E-state index contributed by atoms with van der Waals surface area (Å²) in [5.74, 6) is 0.102. The van der Waals surface area contributed by atoms with Crippen molar-refractivity contribution in [2.24, 2.45) is 5.92 Å². The largest absolute Gasteiger partial charge is 0.385 e. The molecule has 2 rings (SSSR count). The summed E-state index contributed by atoms with van der Waals surface area (Å²) in [5, 5.41) is 10.5. The van der Waals surface area contributed by atoms with E-state index in [-0.39, 0.29) is 5.82 Å². The molecule has 0 radical (unpaired) electrons. The third-order valence-corrected chi connectivity index (χ3v) is 3.46. The van der Waals surface area contributed by atoms with Gasteiger partial charge in [-0.1, -0.05) is 19.1 Å². The fourth-order valence-electron chi connectivity index (χ4n) is 2.15. The minimum absolute atomic E-state index is 0.222. The quantitative estimate of drug-likeness (QED) is 0.809. The number of hydrogen-bond acceptors (Lipinski definition) is 1. The van der Waals surface area contributed by atoms with Gasteiger partial charge in [0.05, 0.1) is 5.60 Å². The van der Waals surface area contributed by atoms with Crippen molar-refractivity contribution >= 4 is 0 Å². The molecule has 1 fully saturated rings. The highest BCUT2D eigenvalue weighted by molar-refractivity contribution is 5.29. The molecule has 0 aromatic heterocycles. The third kappa shape index (κ3) is 1.78. The Morgan fingerprint density at radius 1 is 1.47 bits per heavy atom. The Hall–Kier alpha value is -0.890. The van der Waals surface area contributed by atoms with Crippen LogP contribution < -0.4 is 0 Å². The summed E-state index contributed by atoms with van der Waals surface area (Å²) in [7, 11) is 0. The molecule has 1 aromatic rings. The summed E-state index contributed by atoms with van der Waals surface area (Å²) in [5.41, 5.74) is 0.553. The van der Waals surface area contributed by atoms with Crippen LogP contribution in [0.3, 0.4) is 0 Å². The SMILES string of the molecule is CCC(O)(c1ccc(C)c(F)c1)C1CC1. The molecule has 1 aliphatic rings. The van der Waals surface area contributed by atoms with Crippen LogP contribution in [-0.2, 0) is 5.60 Å². The highest BCUT2D eigenvalue weighted by Gasteiger charge is 2.43. The van der Waals surface area contributed by atoms with Gasteiger partial charge < -0.3 is 5.11 Å². The van der Waals surface area contributed by atoms with Crippen LogP contribution in [-0.4, -0.2) is 5.11 Å². The van der Waals surface area contributed by atoms with Crippen LogP contribution in [0.5, 0.6) is 0 Å². The van der Waals surface area contributed by atoms with Gasteiger partial charge in [0.1, 0.15) is 5.82 Å². The first kappa shape index (κ1) is 10.6. The molecule has 1 nitrogen and oxygen atoms in total. The topological polar surface area (TPSA) is 20.2 Å². The van der Waals surface area contributed by atoms with Gasteiger partial charge in [0.25, 0.3) is 0 Å². The summed E-state index contributed by atoms with van der Waals surface area (Å²) in [6.07, 6.45) is 2.76. The molecular formula is C13H17FO. The van der Waals surface area contributed by atoms with E-state index in [0.717, 1.165) is 18.4 Å². The zero-order chi connectivity index (χ0) is 11.1. The molecule has 1 aromatic carbocycles. The van der Waals surface area contributed by atoms with Gasteiger partial charge in [-0.3, -0.25) is 0 Å². The molecule has 0 heterocycles. The van der Waals surface area contributed by atoms with Crippen LogP contribution >= 0.6 is 0 Å². The van der Waals surface area contributed by atoms with Gasteiger partial charge in [-0.05, 0) is 49.3 Å². The average Bonchev–Trinajstić information content (AvgIpc) is 3.04. The normalized spacial score (nSPS) is 20.0. The lowest BCUT2D eigenvalue weighted by Crippen LogP contribution is -2.27. The molecule has 15 heavy (non-hydrogen) atoms. The Kier molecular flexibility index (Phi) is 2.55. The molecular weight excluding hydrogens is 191 g/mol. The second-order valence-electron chi connectivity index (χ2n) is 4.52. The van der Waals surface area contributed by atoms with Crippen molar-refractivity contribution in [1.29, 1.82) is 0 Å². The van der Waals surface area contributed by atoms with Gasteiger partial charge in [0.2, 0.25) is 0 Å². The van der Waals surface area contributed by atoms with E-state index in [0.29, 0.717) is 17.9 Å². The lowest BCUT2D eigenvalue weighted by molar-refractivity contribution is 0.00861. The van der Waals surface area contributed by atoms with E-state index >= 15 is 0 Å². The molecule has 0 bridgehead atoms. The van der Waals surface area contributed by atoms with E-state index in [1.807, 2.05) is 13.0 Å². The first-order valence-corrected chi connectivity index (χ1v) is 5.57. The predicted molar refractivity (Wildman–Crippen MR) is 58.0 cm³/mol. The van der Waals surface area contributed by atoms with Gasteiger partial charge in [-0.15, -0.1) is 0 Å². The van der Waals surface area contributed by atoms with Gasteiger partial charge in [0.15, 0.2) is 0 Å². The highest BCUT2D eigenvalue weighted by atomic mass is 19.1. The fraction of sp³-hybridized carbons (Fsp3) is 0.538. The van der Waals surface area contributed by atoms with E-state index < -0.39 is 5.60 Å². The molecule has 1 atom stereocenters. The Morgan fingerprint density at radius 2 is 2.13 bits per heavy atom. The number of halogens is 1. The molecule has 1 aliphatic carbocycles. The molecule has 1 saturated carbocycles. The molecule has 82 valence electrons. The Labute approximate surface area is 89.9 Å². The number of rotatable bonds is 3. The Balaban J connectivity index is 2.38. The second kappa shape index (κ2) is 3.60. The van der Waals surface area contributed by atoms with E-state index in [1.165, 1.54) is 6.07 Å². The number of aliphatic hydroxyl groups is 1. The number of hydrogen-bond donors (Lipinski definition) is 1. The standard InChI is InChI=1S/C13H17FO/c1-3-13(15,10-6-7-10)11-5-4-9(2)12(14)8-11/h4-5,8,10,15H,3,6-7H2,1-2H3. The van der Waals surface area contributed by atoms with Crippen molar-refractivity contribution in [3.05, 3.63) is 35.1 Å². The van der Waals surface area contributed by atoms with Crippen molar-refractivity contribution in [2.45, 2.75) is 38.7 Å². The summed E-state index contributed by atoms with van der Waals surface area (Å²) in [6, 6.07) is 5.07. The smallest absolute Gasteiger partial charge is 0.126 e. The predicted octanol–water partition coefficient (Wildman–Crippen LogP) is 3.14. The molecule has 0 spiro atoms. The third-order valence-electron chi connectivity index (χ3n) is 3.46. The van der Waals surface area contributed by atoms with Crippen LogP contribution in [0.1, 0.15) is 37.3 Å². The van der Waals surface area contributed by atoms with Crippen LogP contribution in [0.2, 0.25) is 0 Å². The highest BCUT2D eigenvalue weighted by Crippen LogP contribution is 2.47. The van der Waals surface area contributed by atoms with Crippen molar-refractivity contribution in [3.8, 4) is 0 Å². The lowest BCUT2D eigenvalue weighted by atomic mass is 9.86. The second-order valence-corrected chi connectivity index (χ2v) is 4.52. The molecule has 0 aliphatic heterocycles. The zero-order valence-corrected chi connectivity index (χ0v) is 9.26. The Morgan fingerprint density at radius 3 is 2.60 bits per heavy atom. The fourth-order valence-corrected chi connectivity index (χ4v) is 2.15. The average molecular weight is 208 g/mol. The van der Waals surface area contributed by atoms with E-state index in [9.17, 15) is 9.50 Å². The minimum Gasteiger partial charge on any atom is -0.385 e. The zero-order valence-electron chi connectivity index (χ0n) is 9.26. The van der Waals surface area contributed by atoms with E-state index in [2.05, 4.69) is 0 Å². The lowest BCUT2D eigenvalue weighted by Gasteiger charge is -2.27. The van der Waals surface area contributed by atoms with Crippen LogP contribution in [0.25, 0.3) is 0 Å². The summed E-state index contributed by atoms with van der Waals surface area (Å²) in [4.78, 5) is 0. The maximum absolute atomic E-state index is 13.4. The van der Waals surface area contributed by atoms with Crippen LogP contribution in [0.15, 0.2) is 18.2 Å². The molecule has 0 amide bonds. The monoisotopic (exact) mass is 208 g/mol. The minimum atomic E-state index is -0.811.